The summed E-state index contributed by atoms with van der Waals surface area (Å²) in [6.07, 6.45) is -1.63. The third kappa shape index (κ3) is 5.38. The zero-order valence-electron chi connectivity index (χ0n) is 16.2. The molecule has 0 amide bonds. The molecule has 1 fully saturated rings. The first-order valence-electron chi connectivity index (χ1n) is 9.59. The number of likely N-dealkylation sites (tertiary alicyclic amines) is 1. The van der Waals surface area contributed by atoms with Gasteiger partial charge >= 0.3 is 6.18 Å². The minimum absolute atomic E-state index is 0.220. The van der Waals surface area contributed by atoms with E-state index in [2.05, 4.69) is 33.4 Å². The van der Waals surface area contributed by atoms with E-state index < -0.39 is 11.7 Å². The van der Waals surface area contributed by atoms with Crippen LogP contribution in [0, 0.1) is 6.92 Å². The number of halogens is 3. The maximum atomic E-state index is 12.6. The number of aromatic nitrogens is 1. The van der Waals surface area contributed by atoms with Crippen molar-refractivity contribution in [1.82, 2.24) is 9.88 Å². The lowest BCUT2D eigenvalue weighted by molar-refractivity contribution is -0.137. The van der Waals surface area contributed by atoms with E-state index in [0.29, 0.717) is 12.4 Å². The molecule has 1 aliphatic rings. The normalized spacial score (nSPS) is 16.2. The van der Waals surface area contributed by atoms with Crippen LogP contribution in [-0.4, -0.2) is 35.6 Å². The molecule has 1 aromatic heterocycles. The molecule has 28 heavy (non-hydrogen) atoms. The molecule has 4 nitrogen and oxygen atoms in total. The molecule has 7 heteroatoms. The second-order valence-electron chi connectivity index (χ2n) is 7.16. The van der Waals surface area contributed by atoms with Crippen molar-refractivity contribution in [3.63, 3.8) is 0 Å². The van der Waals surface area contributed by atoms with E-state index >= 15 is 0 Å². The summed E-state index contributed by atoms with van der Waals surface area (Å²) < 4.78 is 43.5. The Balaban J connectivity index is 1.50. The smallest absolute Gasteiger partial charge is 0.417 e. The molecule has 1 N–H and O–H groups in total. The summed E-state index contributed by atoms with van der Waals surface area (Å²) in [4.78, 5) is 6.29. The molecule has 0 spiro atoms. The number of anilines is 1. The predicted molar refractivity (Wildman–Crippen MR) is 104 cm³/mol. The molecule has 1 saturated heterocycles. The Morgan fingerprint density at radius 3 is 2.54 bits per heavy atom. The highest BCUT2D eigenvalue weighted by Gasteiger charge is 2.30. The van der Waals surface area contributed by atoms with Crippen LogP contribution in [0.15, 0.2) is 36.5 Å². The Bertz CT molecular complexity index is 769. The first-order chi connectivity index (χ1) is 13.3. The number of nitrogens with zero attached hydrogens (tertiary/aromatic N) is 2. The number of hydrogen-bond donors (Lipinski definition) is 1. The first kappa shape index (κ1) is 20.5. The lowest BCUT2D eigenvalue weighted by Crippen LogP contribution is -2.38. The Kier molecular flexibility index (Phi) is 6.44. The van der Waals surface area contributed by atoms with Crippen LogP contribution in [0.3, 0.4) is 0 Å². The first-order valence-corrected chi connectivity index (χ1v) is 9.59. The van der Waals surface area contributed by atoms with Crippen molar-refractivity contribution < 1.29 is 17.9 Å². The number of aryl methyl sites for hydroxylation is 1. The average Bonchev–Trinajstić information content (AvgIpc) is 2.66. The second kappa shape index (κ2) is 8.82. The fourth-order valence-electron chi connectivity index (χ4n) is 3.40. The molecule has 0 atom stereocenters. The molecule has 0 aliphatic carbocycles. The molecule has 0 bridgehead atoms. The molecular weight excluding hydrogens is 367 g/mol. The number of benzene rings is 1. The highest BCUT2D eigenvalue weighted by molar-refractivity contribution is 5.38. The van der Waals surface area contributed by atoms with Crippen LogP contribution in [0.25, 0.3) is 0 Å². The van der Waals surface area contributed by atoms with Gasteiger partial charge in [0.15, 0.2) is 0 Å². The van der Waals surface area contributed by atoms with Gasteiger partial charge in [0.1, 0.15) is 11.6 Å². The van der Waals surface area contributed by atoms with Gasteiger partial charge in [0, 0.05) is 31.9 Å². The van der Waals surface area contributed by atoms with E-state index in [1.54, 1.807) is 0 Å². The van der Waals surface area contributed by atoms with Crippen molar-refractivity contribution in [3.05, 3.63) is 53.2 Å². The third-order valence-electron chi connectivity index (χ3n) is 4.99. The third-order valence-corrected chi connectivity index (χ3v) is 4.99. The summed E-state index contributed by atoms with van der Waals surface area (Å²) in [5.41, 5.74) is 1.64. The van der Waals surface area contributed by atoms with Gasteiger partial charge in [-0.1, -0.05) is 12.1 Å². The number of hydrogen-bond acceptors (Lipinski definition) is 4. The largest absolute Gasteiger partial charge is 0.494 e. The van der Waals surface area contributed by atoms with Crippen LogP contribution in [-0.2, 0) is 12.7 Å². The minimum Gasteiger partial charge on any atom is -0.494 e. The van der Waals surface area contributed by atoms with Crippen molar-refractivity contribution in [2.24, 2.45) is 0 Å². The van der Waals surface area contributed by atoms with Crippen molar-refractivity contribution in [1.29, 1.82) is 0 Å². The maximum absolute atomic E-state index is 12.6. The van der Waals surface area contributed by atoms with Gasteiger partial charge in [-0.15, -0.1) is 0 Å². The van der Waals surface area contributed by atoms with Gasteiger partial charge in [0.2, 0.25) is 0 Å². The Labute approximate surface area is 163 Å². The highest BCUT2D eigenvalue weighted by atomic mass is 19.4. The summed E-state index contributed by atoms with van der Waals surface area (Å²) in [6.45, 7) is 7.40. The molecular formula is C21H26F3N3O. The van der Waals surface area contributed by atoms with Crippen LogP contribution in [0.2, 0.25) is 0 Å². The van der Waals surface area contributed by atoms with Crippen LogP contribution >= 0.6 is 0 Å². The molecule has 2 aromatic rings. The summed E-state index contributed by atoms with van der Waals surface area (Å²) in [5.74, 6) is 1.43. The quantitative estimate of drug-likeness (QED) is 0.759. The highest BCUT2D eigenvalue weighted by Crippen LogP contribution is 2.29. The molecule has 0 radical (unpaired) electrons. The predicted octanol–water partition coefficient (Wildman–Crippen LogP) is 4.88. The van der Waals surface area contributed by atoms with Gasteiger partial charge in [0.25, 0.3) is 0 Å². The Morgan fingerprint density at radius 2 is 1.93 bits per heavy atom. The van der Waals surface area contributed by atoms with Gasteiger partial charge in [-0.3, -0.25) is 4.90 Å². The SMILES string of the molecule is CCOc1cc(CN2CCC(Nc3ccc(C(F)(F)F)cn3)CC2)ccc1C. The summed E-state index contributed by atoms with van der Waals surface area (Å²) >= 11 is 0. The summed E-state index contributed by atoms with van der Waals surface area (Å²) in [7, 11) is 0. The number of alkyl halides is 3. The van der Waals surface area contributed by atoms with Crippen molar-refractivity contribution in [2.75, 3.05) is 25.0 Å². The fraction of sp³-hybridized carbons (Fsp3) is 0.476. The topological polar surface area (TPSA) is 37.4 Å². The zero-order chi connectivity index (χ0) is 20.1. The van der Waals surface area contributed by atoms with Gasteiger partial charge < -0.3 is 10.1 Å². The molecule has 0 unspecified atom stereocenters. The standard InChI is InChI=1S/C21H26F3N3O/c1-3-28-19-12-16(5-4-15(19)2)14-27-10-8-18(9-11-27)26-20-7-6-17(13-25-20)21(22,23)24/h4-7,12-13,18H,3,8-11,14H2,1-2H3,(H,25,26). The number of rotatable bonds is 6. The van der Waals surface area contributed by atoms with Gasteiger partial charge in [-0.05, 0) is 56.0 Å². The van der Waals surface area contributed by atoms with Crippen molar-refractivity contribution in [3.8, 4) is 5.75 Å². The summed E-state index contributed by atoms with van der Waals surface area (Å²) in [5, 5.41) is 3.25. The van der Waals surface area contributed by atoms with E-state index in [0.717, 1.165) is 56.1 Å². The molecule has 3 rings (SSSR count). The van der Waals surface area contributed by atoms with E-state index in [-0.39, 0.29) is 6.04 Å². The Hall–Kier alpha value is -2.28. The fourth-order valence-corrected chi connectivity index (χ4v) is 3.40. The van der Waals surface area contributed by atoms with Crippen LogP contribution in [0.4, 0.5) is 19.0 Å². The molecule has 0 saturated carbocycles. The monoisotopic (exact) mass is 393 g/mol. The van der Waals surface area contributed by atoms with E-state index in [1.165, 1.54) is 11.6 Å². The lowest BCUT2D eigenvalue weighted by Gasteiger charge is -2.32. The molecule has 2 heterocycles. The molecule has 1 aromatic carbocycles. The zero-order valence-corrected chi connectivity index (χ0v) is 16.2. The van der Waals surface area contributed by atoms with Crippen LogP contribution in [0.1, 0.15) is 36.5 Å². The maximum Gasteiger partial charge on any atom is 0.417 e. The number of ether oxygens (including phenoxy) is 1. The second-order valence-corrected chi connectivity index (χ2v) is 7.16. The number of piperidine rings is 1. The van der Waals surface area contributed by atoms with E-state index in [1.807, 2.05) is 13.8 Å². The van der Waals surface area contributed by atoms with E-state index in [4.69, 9.17) is 4.74 Å². The van der Waals surface area contributed by atoms with Gasteiger partial charge in [-0.25, -0.2) is 4.98 Å². The summed E-state index contributed by atoms with van der Waals surface area (Å²) in [6, 6.07) is 9.01. The average molecular weight is 393 g/mol. The lowest BCUT2D eigenvalue weighted by atomic mass is 10.0. The van der Waals surface area contributed by atoms with Gasteiger partial charge in [0.05, 0.1) is 12.2 Å². The van der Waals surface area contributed by atoms with Crippen LogP contribution in [0.5, 0.6) is 5.75 Å². The van der Waals surface area contributed by atoms with Gasteiger partial charge in [-0.2, -0.15) is 13.2 Å². The van der Waals surface area contributed by atoms with Crippen molar-refractivity contribution in [2.45, 2.75) is 45.5 Å². The molecule has 1 aliphatic heterocycles. The van der Waals surface area contributed by atoms with Crippen molar-refractivity contribution >= 4 is 5.82 Å². The van der Waals surface area contributed by atoms with Crippen LogP contribution < -0.4 is 10.1 Å². The van der Waals surface area contributed by atoms with E-state index in [9.17, 15) is 13.2 Å². The number of nitrogens with one attached hydrogen (secondary N) is 1. The number of pyridine rings is 1. The minimum atomic E-state index is -4.35. The Morgan fingerprint density at radius 1 is 1.18 bits per heavy atom. The molecule has 152 valence electrons.